The number of aromatic nitrogens is 2. The Morgan fingerprint density at radius 1 is 1.43 bits per heavy atom. The van der Waals surface area contributed by atoms with Gasteiger partial charge in [-0.25, -0.2) is 0 Å². The number of rotatable bonds is 4. The number of hydrogen-bond donors (Lipinski definition) is 1. The Hall–Kier alpha value is -1.56. The van der Waals surface area contributed by atoms with Gasteiger partial charge < -0.3 is 10.0 Å². The maximum atomic E-state index is 12.3. The number of nitrogens with zero attached hydrogens (tertiary/aromatic N) is 3. The van der Waals surface area contributed by atoms with Crippen LogP contribution in [0.25, 0.3) is 0 Å². The van der Waals surface area contributed by atoms with Crippen molar-refractivity contribution in [3.8, 4) is 0 Å². The third-order valence-corrected chi connectivity index (χ3v) is 4.82. The lowest BCUT2D eigenvalue weighted by Gasteiger charge is -2.16. The van der Waals surface area contributed by atoms with Gasteiger partial charge in [0.25, 0.3) is 0 Å². The van der Waals surface area contributed by atoms with Gasteiger partial charge in [0.1, 0.15) is 6.54 Å². The number of carbonyl (C=O) groups is 2. The van der Waals surface area contributed by atoms with Crippen molar-refractivity contribution in [2.24, 2.45) is 17.8 Å². The molecule has 2 heterocycles. The first kappa shape index (κ1) is 14.4. The van der Waals surface area contributed by atoms with Gasteiger partial charge >= 0.3 is 5.97 Å². The molecule has 1 aromatic heterocycles. The molecule has 21 heavy (non-hydrogen) atoms. The third-order valence-electron chi connectivity index (χ3n) is 4.45. The second-order valence-electron chi connectivity index (χ2n) is 6.00. The minimum atomic E-state index is -0.792. The number of carboxylic acids is 1. The smallest absolute Gasteiger partial charge is 0.308 e. The van der Waals surface area contributed by atoms with Gasteiger partial charge in [0.05, 0.1) is 16.6 Å². The van der Waals surface area contributed by atoms with Crippen molar-refractivity contribution in [3.05, 3.63) is 16.9 Å². The van der Waals surface area contributed by atoms with Crippen LogP contribution in [0, 0.1) is 24.7 Å². The SMILES string of the molecule is Cc1nn(CC(=O)N2C[C@@H](C(=O)O)[C@H](C3CC3)C2)cc1Cl. The van der Waals surface area contributed by atoms with E-state index in [4.69, 9.17) is 11.6 Å². The first-order valence-corrected chi connectivity index (χ1v) is 7.53. The van der Waals surface area contributed by atoms with Crippen molar-refractivity contribution < 1.29 is 14.7 Å². The van der Waals surface area contributed by atoms with Crippen LogP contribution in [0.15, 0.2) is 6.20 Å². The Morgan fingerprint density at radius 2 is 2.14 bits per heavy atom. The van der Waals surface area contributed by atoms with Gasteiger partial charge in [0.15, 0.2) is 0 Å². The number of carbonyl (C=O) groups excluding carboxylic acids is 1. The van der Waals surface area contributed by atoms with Gasteiger partial charge in [-0.3, -0.25) is 14.3 Å². The van der Waals surface area contributed by atoms with Crippen LogP contribution in [0.1, 0.15) is 18.5 Å². The van der Waals surface area contributed by atoms with Crippen LogP contribution in [0.2, 0.25) is 5.02 Å². The Bertz CT molecular complexity index is 563. The molecule has 1 aliphatic heterocycles. The van der Waals surface area contributed by atoms with Crippen molar-refractivity contribution >= 4 is 23.5 Å². The molecule has 3 rings (SSSR count). The number of aryl methyl sites for hydroxylation is 1. The van der Waals surface area contributed by atoms with Gasteiger partial charge in [-0.05, 0) is 31.6 Å². The summed E-state index contributed by atoms with van der Waals surface area (Å²) in [5, 5.41) is 14.0. The van der Waals surface area contributed by atoms with E-state index in [1.54, 1.807) is 18.0 Å². The number of halogens is 1. The highest BCUT2D eigenvalue weighted by molar-refractivity contribution is 6.31. The van der Waals surface area contributed by atoms with Crippen molar-refractivity contribution in [2.45, 2.75) is 26.3 Å². The quantitative estimate of drug-likeness (QED) is 0.912. The highest BCUT2D eigenvalue weighted by Crippen LogP contribution is 2.44. The summed E-state index contributed by atoms with van der Waals surface area (Å²) in [6.45, 7) is 2.75. The van der Waals surface area contributed by atoms with Crippen LogP contribution >= 0.6 is 11.6 Å². The number of likely N-dealkylation sites (tertiary alicyclic amines) is 1. The molecule has 2 fully saturated rings. The van der Waals surface area contributed by atoms with Crippen LogP contribution in [-0.4, -0.2) is 44.8 Å². The van der Waals surface area contributed by atoms with E-state index in [1.165, 1.54) is 4.68 Å². The second-order valence-corrected chi connectivity index (χ2v) is 6.41. The molecule has 2 atom stereocenters. The second kappa shape index (κ2) is 5.33. The van der Waals surface area contributed by atoms with Gasteiger partial charge in [-0.1, -0.05) is 11.6 Å². The van der Waals surface area contributed by atoms with Crippen molar-refractivity contribution in [3.63, 3.8) is 0 Å². The van der Waals surface area contributed by atoms with Crippen LogP contribution < -0.4 is 0 Å². The molecule has 0 aromatic carbocycles. The topological polar surface area (TPSA) is 75.4 Å². The molecule has 1 saturated heterocycles. The lowest BCUT2D eigenvalue weighted by atomic mass is 9.92. The monoisotopic (exact) mass is 311 g/mol. The summed E-state index contributed by atoms with van der Waals surface area (Å²) in [5.74, 6) is -0.729. The van der Waals surface area contributed by atoms with Crippen molar-refractivity contribution in [2.75, 3.05) is 13.1 Å². The maximum absolute atomic E-state index is 12.3. The highest BCUT2D eigenvalue weighted by atomic mass is 35.5. The first-order chi connectivity index (χ1) is 9.95. The fraction of sp³-hybridized carbons (Fsp3) is 0.643. The molecule has 114 valence electrons. The number of amides is 1. The summed E-state index contributed by atoms with van der Waals surface area (Å²) < 4.78 is 1.51. The van der Waals surface area contributed by atoms with E-state index >= 15 is 0 Å². The zero-order valence-electron chi connectivity index (χ0n) is 11.8. The van der Waals surface area contributed by atoms with Gasteiger partial charge in [0, 0.05) is 19.3 Å². The molecule has 1 saturated carbocycles. The number of hydrogen-bond acceptors (Lipinski definition) is 3. The Kier molecular flexibility index (Phi) is 3.65. The molecule has 1 amide bonds. The Labute approximate surface area is 127 Å². The van der Waals surface area contributed by atoms with E-state index in [1.807, 2.05) is 0 Å². The summed E-state index contributed by atoms with van der Waals surface area (Å²) in [4.78, 5) is 25.3. The average Bonchev–Trinajstić information content (AvgIpc) is 3.07. The zero-order valence-corrected chi connectivity index (χ0v) is 12.6. The highest BCUT2D eigenvalue weighted by Gasteiger charge is 2.46. The molecule has 1 aromatic rings. The van der Waals surface area contributed by atoms with E-state index in [-0.39, 0.29) is 18.4 Å². The predicted octanol–water partition coefficient (Wildman–Crippen LogP) is 1.41. The zero-order chi connectivity index (χ0) is 15.1. The van der Waals surface area contributed by atoms with Crippen molar-refractivity contribution in [1.29, 1.82) is 0 Å². The first-order valence-electron chi connectivity index (χ1n) is 7.16. The normalized spacial score (nSPS) is 25.3. The largest absolute Gasteiger partial charge is 0.481 e. The average molecular weight is 312 g/mol. The summed E-state index contributed by atoms with van der Waals surface area (Å²) >= 11 is 5.92. The van der Waals surface area contributed by atoms with Crippen LogP contribution in [0.4, 0.5) is 0 Å². The summed E-state index contributed by atoms with van der Waals surface area (Å²) in [6.07, 6.45) is 3.80. The van der Waals surface area contributed by atoms with Gasteiger partial charge in [-0.15, -0.1) is 0 Å². The van der Waals surface area contributed by atoms with Crippen LogP contribution in [0.5, 0.6) is 0 Å². The van der Waals surface area contributed by atoms with E-state index in [0.717, 1.165) is 12.8 Å². The summed E-state index contributed by atoms with van der Waals surface area (Å²) in [6, 6.07) is 0. The molecular weight excluding hydrogens is 294 g/mol. The van der Waals surface area contributed by atoms with Gasteiger partial charge in [0.2, 0.25) is 5.91 Å². The molecule has 7 heteroatoms. The Morgan fingerprint density at radius 3 is 2.67 bits per heavy atom. The maximum Gasteiger partial charge on any atom is 0.308 e. The fourth-order valence-corrected chi connectivity index (χ4v) is 3.26. The molecule has 0 bridgehead atoms. The Balaban J connectivity index is 1.66. The molecule has 6 nitrogen and oxygen atoms in total. The van der Waals surface area contributed by atoms with Crippen LogP contribution in [-0.2, 0) is 16.1 Å². The molecule has 2 aliphatic rings. The van der Waals surface area contributed by atoms with Crippen molar-refractivity contribution in [1.82, 2.24) is 14.7 Å². The summed E-state index contributed by atoms with van der Waals surface area (Å²) in [7, 11) is 0. The molecule has 1 aliphatic carbocycles. The summed E-state index contributed by atoms with van der Waals surface area (Å²) in [5.41, 5.74) is 0.685. The molecule has 0 spiro atoms. The lowest BCUT2D eigenvalue weighted by molar-refractivity contribution is -0.142. The van der Waals surface area contributed by atoms with E-state index in [9.17, 15) is 14.7 Å². The molecule has 0 radical (unpaired) electrons. The number of carboxylic acid groups (broad SMARTS) is 1. The minimum Gasteiger partial charge on any atom is -0.481 e. The van der Waals surface area contributed by atoms with E-state index in [2.05, 4.69) is 5.10 Å². The number of aliphatic carboxylic acids is 1. The minimum absolute atomic E-state index is 0.0939. The van der Waals surface area contributed by atoms with Gasteiger partial charge in [-0.2, -0.15) is 5.10 Å². The lowest BCUT2D eigenvalue weighted by Crippen LogP contribution is -2.33. The predicted molar refractivity (Wildman–Crippen MR) is 75.9 cm³/mol. The fourth-order valence-electron chi connectivity index (χ4n) is 3.11. The molecular formula is C14H18ClN3O3. The van der Waals surface area contributed by atoms with E-state index in [0.29, 0.717) is 29.7 Å². The molecule has 1 N–H and O–H groups in total. The third kappa shape index (κ3) is 2.90. The molecule has 0 unspecified atom stereocenters. The van der Waals surface area contributed by atoms with E-state index < -0.39 is 11.9 Å². The standard InChI is InChI=1S/C14H18ClN3O3/c1-8-12(15)6-18(16-8)7-13(19)17-4-10(9-2-3-9)11(5-17)14(20)21/h6,9-11H,2-5,7H2,1H3,(H,20,21)/t10-,11+/m0/s1. The van der Waals surface area contributed by atoms with Crippen LogP contribution in [0.3, 0.4) is 0 Å².